The van der Waals surface area contributed by atoms with Gasteiger partial charge in [-0.05, 0) is 41.2 Å². The first-order valence-corrected chi connectivity index (χ1v) is 10.1. The number of rotatable bonds is 5. The molecule has 0 aromatic carbocycles. The molecule has 0 atom stereocenters. The second kappa shape index (κ2) is 7.77. The number of thioether (sulfide) groups is 1. The highest BCUT2D eigenvalue weighted by Gasteiger charge is 2.22. The summed E-state index contributed by atoms with van der Waals surface area (Å²) < 4.78 is 1.07. The van der Waals surface area contributed by atoms with Crippen molar-refractivity contribution in [2.45, 2.75) is 38.3 Å². The van der Waals surface area contributed by atoms with Crippen molar-refractivity contribution >= 4 is 44.9 Å². The highest BCUT2D eigenvalue weighted by Crippen LogP contribution is 2.26. The Morgan fingerprint density at radius 3 is 2.61 bits per heavy atom. The Morgan fingerprint density at radius 2 is 2.09 bits per heavy atom. The number of carbonyl (C=O) groups is 1. The molecule has 0 saturated heterocycles. The minimum atomic E-state index is -0.0355. The lowest BCUT2D eigenvalue weighted by Gasteiger charge is -2.19. The number of nitrogens with zero attached hydrogens (tertiary/aromatic N) is 3. The van der Waals surface area contributed by atoms with Gasteiger partial charge in [0.05, 0.1) is 21.6 Å². The van der Waals surface area contributed by atoms with E-state index in [4.69, 9.17) is 0 Å². The van der Waals surface area contributed by atoms with E-state index in [9.17, 15) is 4.79 Å². The van der Waals surface area contributed by atoms with Crippen molar-refractivity contribution in [1.82, 2.24) is 14.9 Å². The van der Waals surface area contributed by atoms with Gasteiger partial charge in [0, 0.05) is 17.8 Å². The molecule has 0 spiro atoms. The summed E-state index contributed by atoms with van der Waals surface area (Å²) in [6.45, 7) is 6.58. The van der Waals surface area contributed by atoms with Gasteiger partial charge in [-0.15, -0.1) is 23.1 Å². The molecule has 0 fully saturated rings. The molecular weight excluding hydrogens is 394 g/mol. The smallest absolute Gasteiger partial charge is 0.258 e. The van der Waals surface area contributed by atoms with E-state index < -0.39 is 0 Å². The molecule has 2 heterocycles. The first-order chi connectivity index (χ1) is 10.8. The van der Waals surface area contributed by atoms with Crippen LogP contribution in [0.25, 0.3) is 0 Å². The molecule has 0 radical (unpaired) electrons. The number of carbonyl (C=O) groups excluding carboxylic acids is 1. The number of thiophene rings is 1. The van der Waals surface area contributed by atoms with E-state index in [-0.39, 0.29) is 11.8 Å². The zero-order valence-electron chi connectivity index (χ0n) is 13.9. The van der Waals surface area contributed by atoms with Gasteiger partial charge in [-0.1, -0.05) is 13.8 Å². The van der Waals surface area contributed by atoms with Gasteiger partial charge in [-0.25, -0.2) is 9.97 Å². The molecule has 1 amide bonds. The average molecular weight is 414 g/mol. The predicted molar refractivity (Wildman–Crippen MR) is 100 cm³/mol. The molecule has 2 aromatic rings. The molecule has 2 rings (SSSR count). The highest BCUT2D eigenvalue weighted by atomic mass is 79.9. The largest absolute Gasteiger partial charge is 0.336 e. The van der Waals surface area contributed by atoms with Gasteiger partial charge >= 0.3 is 0 Å². The standard InChI is InChI=1S/C16H20BrN3OS2/c1-9(2)14-18-10(3)13(15(19-14)22-5)16(21)20(4)8-11-6-7-12(17)23-11/h6-7,9H,8H2,1-5H3. The number of hydrogen-bond donors (Lipinski definition) is 0. The topological polar surface area (TPSA) is 46.1 Å². The van der Waals surface area contributed by atoms with Crippen LogP contribution in [-0.2, 0) is 6.54 Å². The normalized spacial score (nSPS) is 11.1. The molecule has 7 heteroatoms. The fourth-order valence-corrected chi connectivity index (χ4v) is 4.31. The fourth-order valence-electron chi connectivity index (χ4n) is 2.15. The van der Waals surface area contributed by atoms with Gasteiger partial charge in [0.2, 0.25) is 0 Å². The molecule has 0 saturated carbocycles. The Morgan fingerprint density at radius 1 is 1.39 bits per heavy atom. The monoisotopic (exact) mass is 413 g/mol. The second-order valence-electron chi connectivity index (χ2n) is 5.57. The van der Waals surface area contributed by atoms with Gasteiger partial charge in [-0.3, -0.25) is 4.79 Å². The van der Waals surface area contributed by atoms with Crippen molar-refractivity contribution in [2.75, 3.05) is 13.3 Å². The van der Waals surface area contributed by atoms with E-state index in [1.807, 2.05) is 32.4 Å². The molecule has 23 heavy (non-hydrogen) atoms. The van der Waals surface area contributed by atoms with E-state index in [1.54, 1.807) is 16.2 Å². The van der Waals surface area contributed by atoms with Crippen molar-refractivity contribution in [3.05, 3.63) is 37.9 Å². The summed E-state index contributed by atoms with van der Waals surface area (Å²) in [7, 11) is 1.82. The van der Waals surface area contributed by atoms with Crippen LogP contribution in [0, 0.1) is 6.92 Å². The quantitative estimate of drug-likeness (QED) is 0.524. The number of halogens is 1. The van der Waals surface area contributed by atoms with Crippen molar-refractivity contribution in [1.29, 1.82) is 0 Å². The Bertz CT molecular complexity index is 715. The third-order valence-electron chi connectivity index (χ3n) is 3.37. The third kappa shape index (κ3) is 4.33. The maximum Gasteiger partial charge on any atom is 0.258 e. The van der Waals surface area contributed by atoms with E-state index in [0.717, 1.165) is 25.2 Å². The van der Waals surface area contributed by atoms with Crippen molar-refractivity contribution in [3.8, 4) is 0 Å². The molecule has 0 bridgehead atoms. The molecule has 124 valence electrons. The summed E-state index contributed by atoms with van der Waals surface area (Å²) in [5, 5.41) is 0.755. The van der Waals surface area contributed by atoms with Gasteiger partial charge in [-0.2, -0.15) is 0 Å². The Labute approximate surface area is 153 Å². The van der Waals surface area contributed by atoms with Crippen LogP contribution < -0.4 is 0 Å². The number of hydrogen-bond acceptors (Lipinski definition) is 5. The summed E-state index contributed by atoms with van der Waals surface area (Å²) in [4.78, 5) is 24.8. The molecule has 0 aliphatic heterocycles. The van der Waals surface area contributed by atoms with Crippen LogP contribution in [0.15, 0.2) is 20.9 Å². The van der Waals surface area contributed by atoms with Crippen LogP contribution in [0.2, 0.25) is 0 Å². The zero-order valence-corrected chi connectivity index (χ0v) is 17.1. The first-order valence-electron chi connectivity index (χ1n) is 7.25. The Balaban J connectivity index is 2.30. The molecule has 0 unspecified atom stereocenters. The minimum absolute atomic E-state index is 0.0355. The maximum absolute atomic E-state index is 12.9. The van der Waals surface area contributed by atoms with Crippen LogP contribution in [0.3, 0.4) is 0 Å². The SMILES string of the molecule is CSc1nc(C(C)C)nc(C)c1C(=O)N(C)Cc1ccc(Br)s1. The summed E-state index contributed by atoms with van der Waals surface area (Å²) >= 11 is 6.58. The summed E-state index contributed by atoms with van der Waals surface area (Å²) in [6, 6.07) is 4.02. The van der Waals surface area contributed by atoms with Gasteiger partial charge < -0.3 is 4.90 Å². The Hall–Kier alpha value is -0.920. The highest BCUT2D eigenvalue weighted by molar-refractivity contribution is 9.11. The third-order valence-corrected chi connectivity index (χ3v) is 5.66. The molecule has 2 aromatic heterocycles. The molecule has 0 aliphatic rings. The lowest BCUT2D eigenvalue weighted by atomic mass is 10.1. The number of aryl methyl sites for hydroxylation is 1. The van der Waals surface area contributed by atoms with Gasteiger partial charge in [0.15, 0.2) is 0 Å². The zero-order chi connectivity index (χ0) is 17.1. The van der Waals surface area contributed by atoms with Crippen LogP contribution in [-0.4, -0.2) is 34.1 Å². The van der Waals surface area contributed by atoms with Crippen molar-refractivity contribution in [2.24, 2.45) is 0 Å². The fraction of sp³-hybridized carbons (Fsp3) is 0.438. The van der Waals surface area contributed by atoms with Crippen LogP contribution in [0.5, 0.6) is 0 Å². The molecular formula is C16H20BrN3OS2. The summed E-state index contributed by atoms with van der Waals surface area (Å²) in [5.74, 6) is 0.991. The summed E-state index contributed by atoms with van der Waals surface area (Å²) in [5.41, 5.74) is 1.36. The van der Waals surface area contributed by atoms with Gasteiger partial charge in [0.25, 0.3) is 5.91 Å². The van der Waals surface area contributed by atoms with E-state index in [1.165, 1.54) is 11.8 Å². The molecule has 4 nitrogen and oxygen atoms in total. The Kier molecular flexibility index (Phi) is 6.22. The number of aromatic nitrogens is 2. The van der Waals surface area contributed by atoms with E-state index in [0.29, 0.717) is 12.1 Å². The van der Waals surface area contributed by atoms with Crippen LogP contribution >= 0.6 is 39.0 Å². The second-order valence-corrected chi connectivity index (χ2v) is 8.92. The minimum Gasteiger partial charge on any atom is -0.336 e. The van der Waals surface area contributed by atoms with E-state index in [2.05, 4.69) is 39.7 Å². The van der Waals surface area contributed by atoms with Crippen molar-refractivity contribution < 1.29 is 4.79 Å². The lowest BCUT2D eigenvalue weighted by Crippen LogP contribution is -2.28. The average Bonchev–Trinajstić information content (AvgIpc) is 2.90. The lowest BCUT2D eigenvalue weighted by molar-refractivity contribution is 0.0780. The molecule has 0 aliphatic carbocycles. The molecule has 0 N–H and O–H groups in total. The van der Waals surface area contributed by atoms with E-state index >= 15 is 0 Å². The predicted octanol–water partition coefficient (Wildman–Crippen LogP) is 4.73. The number of amides is 1. The van der Waals surface area contributed by atoms with Crippen LogP contribution in [0.4, 0.5) is 0 Å². The van der Waals surface area contributed by atoms with Crippen molar-refractivity contribution in [3.63, 3.8) is 0 Å². The van der Waals surface area contributed by atoms with Gasteiger partial charge in [0.1, 0.15) is 10.9 Å². The first kappa shape index (κ1) is 18.4. The van der Waals surface area contributed by atoms with Crippen LogP contribution in [0.1, 0.15) is 46.5 Å². The maximum atomic E-state index is 12.9. The summed E-state index contributed by atoms with van der Waals surface area (Å²) in [6.07, 6.45) is 1.94.